The summed E-state index contributed by atoms with van der Waals surface area (Å²) in [6, 6.07) is 3.03. The first-order valence-electron chi connectivity index (χ1n) is 6.03. The fraction of sp³-hybridized carbons (Fsp3) is 0.462. The van der Waals surface area contributed by atoms with E-state index in [2.05, 4.69) is 4.74 Å². The normalized spacial score (nSPS) is 13.0. The Morgan fingerprint density at radius 2 is 2.05 bits per heavy atom. The second-order valence-corrected chi connectivity index (χ2v) is 3.84. The Bertz CT molecular complexity index is 444. The lowest BCUT2D eigenvalue weighted by molar-refractivity contribution is -0.149. The van der Waals surface area contributed by atoms with Gasteiger partial charge >= 0.3 is 5.97 Å². The Balaban J connectivity index is 0.00000361. The Hall–Kier alpha value is -1.53. The summed E-state index contributed by atoms with van der Waals surface area (Å²) in [5, 5.41) is 9.53. The third-order valence-corrected chi connectivity index (χ3v) is 2.50. The Morgan fingerprint density at radius 1 is 1.40 bits per heavy atom. The number of rotatable bonds is 6. The molecule has 0 bridgehead atoms. The summed E-state index contributed by atoms with van der Waals surface area (Å²) in [5.74, 6) is -0.864. The number of halogens is 2. The van der Waals surface area contributed by atoms with Crippen LogP contribution in [0.5, 0.6) is 11.5 Å². The fourth-order valence-corrected chi connectivity index (χ4v) is 1.55. The van der Waals surface area contributed by atoms with E-state index in [1.165, 1.54) is 18.2 Å². The number of phenols is 1. The van der Waals surface area contributed by atoms with E-state index in [1.54, 1.807) is 13.8 Å². The first kappa shape index (κ1) is 18.5. The van der Waals surface area contributed by atoms with Crippen molar-refractivity contribution in [3.8, 4) is 11.5 Å². The smallest absolute Gasteiger partial charge is 0.342 e. The monoisotopic (exact) mass is 307 g/mol. The number of nitrogens with two attached hydrogens (primary N) is 1. The molecule has 3 N–H and O–H groups in total. The maximum atomic E-state index is 13.8. The number of carbonyl (C=O) groups excluding carboxylic acids is 1. The summed E-state index contributed by atoms with van der Waals surface area (Å²) in [6.07, 6.45) is -1.96. The predicted molar refractivity (Wildman–Crippen MR) is 75.0 cm³/mol. The summed E-state index contributed by atoms with van der Waals surface area (Å²) in [5.41, 5.74) is 6.02. The number of alkyl halides is 1. The van der Waals surface area contributed by atoms with Crippen LogP contribution in [0.4, 0.5) is 4.39 Å². The Morgan fingerprint density at radius 3 is 2.60 bits per heavy atom. The molecule has 2 atom stereocenters. The molecule has 114 valence electrons. The van der Waals surface area contributed by atoms with Crippen molar-refractivity contribution in [2.24, 2.45) is 5.73 Å². The minimum Gasteiger partial charge on any atom is -0.504 e. The number of phenolic OH excluding ortho intramolecular Hbond substituents is 1. The number of aromatic hydroxyl groups is 1. The fourth-order valence-electron chi connectivity index (χ4n) is 1.55. The van der Waals surface area contributed by atoms with Crippen LogP contribution in [0, 0.1) is 0 Å². The lowest BCUT2D eigenvalue weighted by Gasteiger charge is -2.17. The molecule has 1 aromatic carbocycles. The average Bonchev–Trinajstić information content (AvgIpc) is 2.40. The van der Waals surface area contributed by atoms with Crippen molar-refractivity contribution < 1.29 is 23.8 Å². The molecular formula is C13H19ClFNO4. The van der Waals surface area contributed by atoms with Gasteiger partial charge in [0.2, 0.25) is 6.17 Å². The van der Waals surface area contributed by atoms with Crippen LogP contribution in [-0.4, -0.2) is 30.5 Å². The zero-order valence-corrected chi connectivity index (χ0v) is 12.2. The molecule has 0 aromatic heterocycles. The molecule has 7 heteroatoms. The van der Waals surface area contributed by atoms with Crippen molar-refractivity contribution >= 4 is 18.4 Å². The summed E-state index contributed by atoms with van der Waals surface area (Å²) in [6.45, 7) is 3.78. The van der Waals surface area contributed by atoms with Gasteiger partial charge in [-0.15, -0.1) is 12.4 Å². The van der Waals surface area contributed by atoms with E-state index in [9.17, 15) is 14.3 Å². The van der Waals surface area contributed by atoms with Crippen LogP contribution < -0.4 is 10.5 Å². The van der Waals surface area contributed by atoms with E-state index in [1.807, 2.05) is 0 Å². The van der Waals surface area contributed by atoms with Crippen molar-refractivity contribution in [1.29, 1.82) is 0 Å². The minimum absolute atomic E-state index is 0. The molecule has 5 nitrogen and oxygen atoms in total. The van der Waals surface area contributed by atoms with Crippen LogP contribution >= 0.6 is 12.4 Å². The van der Waals surface area contributed by atoms with Crippen LogP contribution in [0.15, 0.2) is 18.2 Å². The van der Waals surface area contributed by atoms with Crippen LogP contribution in [0.1, 0.15) is 25.5 Å². The van der Waals surface area contributed by atoms with Crippen molar-refractivity contribution in [3.05, 3.63) is 23.8 Å². The van der Waals surface area contributed by atoms with Gasteiger partial charge in [-0.25, -0.2) is 9.18 Å². The third-order valence-electron chi connectivity index (χ3n) is 2.50. The minimum atomic E-state index is -1.96. The number of esters is 1. The Labute approximate surface area is 123 Å². The molecule has 0 saturated heterocycles. The number of carbonyl (C=O) groups is 1. The highest BCUT2D eigenvalue weighted by molar-refractivity contribution is 5.85. The molecule has 0 fully saturated rings. The molecular weight excluding hydrogens is 289 g/mol. The van der Waals surface area contributed by atoms with Gasteiger partial charge in [0.15, 0.2) is 11.5 Å². The lowest BCUT2D eigenvalue weighted by atomic mass is 10.0. The SMILES string of the molecule is CCOC(=O)C(F)[C@H](N)c1ccc(O)c(OCC)c1.Cl. The number of hydrogen-bond acceptors (Lipinski definition) is 5. The maximum absolute atomic E-state index is 13.8. The number of benzene rings is 1. The molecule has 0 spiro atoms. The third kappa shape index (κ3) is 4.54. The highest BCUT2D eigenvalue weighted by Crippen LogP contribution is 2.30. The first-order chi connectivity index (χ1) is 9.01. The highest BCUT2D eigenvalue weighted by Gasteiger charge is 2.28. The van der Waals surface area contributed by atoms with Gasteiger partial charge < -0.3 is 20.3 Å². The number of hydrogen-bond donors (Lipinski definition) is 2. The summed E-state index contributed by atoms with van der Waals surface area (Å²) in [4.78, 5) is 11.3. The zero-order valence-electron chi connectivity index (χ0n) is 11.3. The molecule has 0 amide bonds. The van der Waals surface area contributed by atoms with Crippen molar-refractivity contribution in [2.45, 2.75) is 26.1 Å². The van der Waals surface area contributed by atoms with Gasteiger partial charge in [-0.2, -0.15) is 0 Å². The van der Waals surface area contributed by atoms with Gasteiger partial charge in [-0.3, -0.25) is 0 Å². The Kier molecular flexibility index (Phi) is 7.94. The van der Waals surface area contributed by atoms with Crippen LogP contribution in [0.25, 0.3) is 0 Å². The van der Waals surface area contributed by atoms with Gasteiger partial charge in [-0.1, -0.05) is 6.07 Å². The standard InChI is InChI=1S/C13H18FNO4.ClH/c1-3-18-10-7-8(5-6-9(10)16)12(15)11(14)13(17)19-4-2;/h5-7,11-12,16H,3-4,15H2,1-2H3;1H/t11?,12-;/m1./s1. The molecule has 0 aliphatic rings. The van der Waals surface area contributed by atoms with Crippen LogP contribution in [-0.2, 0) is 9.53 Å². The topological polar surface area (TPSA) is 81.8 Å². The van der Waals surface area contributed by atoms with E-state index >= 15 is 0 Å². The quantitative estimate of drug-likeness (QED) is 0.787. The van der Waals surface area contributed by atoms with Crippen molar-refractivity contribution in [1.82, 2.24) is 0 Å². The summed E-state index contributed by atoms with van der Waals surface area (Å²) < 4.78 is 23.5. The zero-order chi connectivity index (χ0) is 14.4. The molecule has 1 aromatic rings. The van der Waals surface area contributed by atoms with Crippen LogP contribution in [0.3, 0.4) is 0 Å². The first-order valence-corrected chi connectivity index (χ1v) is 6.03. The largest absolute Gasteiger partial charge is 0.504 e. The van der Waals surface area contributed by atoms with Gasteiger partial charge in [0.1, 0.15) is 0 Å². The summed E-state index contributed by atoms with van der Waals surface area (Å²) in [7, 11) is 0. The molecule has 0 saturated carbocycles. The summed E-state index contributed by atoms with van der Waals surface area (Å²) >= 11 is 0. The average molecular weight is 308 g/mol. The van der Waals surface area contributed by atoms with E-state index in [4.69, 9.17) is 10.5 Å². The maximum Gasteiger partial charge on any atom is 0.342 e. The van der Waals surface area contributed by atoms with Gasteiger partial charge in [0, 0.05) is 0 Å². The van der Waals surface area contributed by atoms with Crippen LogP contribution in [0.2, 0.25) is 0 Å². The van der Waals surface area contributed by atoms with E-state index in [0.29, 0.717) is 12.2 Å². The van der Waals surface area contributed by atoms with Gasteiger partial charge in [-0.05, 0) is 31.5 Å². The second-order valence-electron chi connectivity index (χ2n) is 3.84. The molecule has 1 unspecified atom stereocenters. The predicted octanol–water partition coefficient (Wildman–Crippen LogP) is 2.11. The van der Waals surface area contributed by atoms with E-state index in [-0.39, 0.29) is 30.5 Å². The number of ether oxygens (including phenoxy) is 2. The second kappa shape index (κ2) is 8.60. The molecule has 0 aliphatic carbocycles. The van der Waals surface area contributed by atoms with Crippen molar-refractivity contribution in [3.63, 3.8) is 0 Å². The highest BCUT2D eigenvalue weighted by atomic mass is 35.5. The molecule has 0 heterocycles. The molecule has 1 rings (SSSR count). The van der Waals surface area contributed by atoms with Gasteiger partial charge in [0.05, 0.1) is 19.3 Å². The molecule has 20 heavy (non-hydrogen) atoms. The molecule has 0 radical (unpaired) electrons. The van der Waals surface area contributed by atoms with E-state index < -0.39 is 18.2 Å². The lowest BCUT2D eigenvalue weighted by Crippen LogP contribution is -2.31. The van der Waals surface area contributed by atoms with Crippen molar-refractivity contribution in [2.75, 3.05) is 13.2 Å². The van der Waals surface area contributed by atoms with Gasteiger partial charge in [0.25, 0.3) is 0 Å². The van der Waals surface area contributed by atoms with E-state index in [0.717, 1.165) is 0 Å². The molecule has 0 aliphatic heterocycles.